The van der Waals surface area contributed by atoms with Crippen molar-refractivity contribution in [2.75, 3.05) is 18.6 Å². The normalized spacial score (nSPS) is 18.7. The molecule has 35 heavy (non-hydrogen) atoms. The molecule has 1 aliphatic rings. The number of hydrogen-bond acceptors (Lipinski definition) is 7. The maximum absolute atomic E-state index is 13.6. The van der Waals surface area contributed by atoms with Crippen molar-refractivity contribution < 1.29 is 14.3 Å². The van der Waals surface area contributed by atoms with Crippen LogP contribution in [0.2, 0.25) is 0 Å². The number of anilines is 1. The molecule has 2 heterocycles. The second kappa shape index (κ2) is 10.9. The summed E-state index contributed by atoms with van der Waals surface area (Å²) < 4.78 is 11.0. The highest BCUT2D eigenvalue weighted by Crippen LogP contribution is 2.48. The number of carbonyl (C=O) groups excluding carboxylic acids is 1. The van der Waals surface area contributed by atoms with Crippen LogP contribution < -0.4 is 15.4 Å². The van der Waals surface area contributed by atoms with Gasteiger partial charge in [-0.3, -0.25) is 4.79 Å². The summed E-state index contributed by atoms with van der Waals surface area (Å²) in [5.41, 5.74) is 10.1. The minimum absolute atomic E-state index is 0.0527. The molecular formula is C27H33N5O3. The summed E-state index contributed by atoms with van der Waals surface area (Å²) in [6.07, 6.45) is 5.70. The smallest absolute Gasteiger partial charge is 0.230 e. The molecule has 184 valence electrons. The number of methoxy groups -OCH3 is 1. The van der Waals surface area contributed by atoms with Crippen LogP contribution in [0.1, 0.15) is 38.8 Å². The van der Waals surface area contributed by atoms with Crippen molar-refractivity contribution >= 4 is 11.6 Å². The Hall–Kier alpha value is -3.36. The summed E-state index contributed by atoms with van der Waals surface area (Å²) in [5, 5.41) is 0. The number of ether oxygens (including phenoxy) is 2. The summed E-state index contributed by atoms with van der Waals surface area (Å²) in [4.78, 5) is 28.1. The van der Waals surface area contributed by atoms with Gasteiger partial charge in [-0.25, -0.2) is 15.0 Å². The number of nitrogens with zero attached hydrogens (tertiary/aromatic N) is 4. The zero-order valence-electron chi connectivity index (χ0n) is 20.7. The van der Waals surface area contributed by atoms with Crippen LogP contribution >= 0.6 is 0 Å². The summed E-state index contributed by atoms with van der Waals surface area (Å²) in [7, 11) is 1.63. The molecule has 8 nitrogen and oxygen atoms in total. The highest BCUT2D eigenvalue weighted by Gasteiger charge is 2.47. The molecule has 0 unspecified atom stereocenters. The standard InChI is InChI=1S/C27H33N5O3/c1-17(2)35-26-10-7-20(14-30-26)19-5-8-21(9-6-19)32(15-24(28)18(3)34-4)27(33)23-13-22(23)25-11-12-29-16-31-25/h5-12,14,16-18,22-24H,13,15,28H2,1-4H3/t18-,22-,23-,24-/m1/s1. The average Bonchev–Trinajstić information content (AvgIpc) is 3.68. The Labute approximate surface area is 206 Å². The third-order valence-corrected chi connectivity index (χ3v) is 6.33. The van der Waals surface area contributed by atoms with Crippen LogP contribution in [-0.4, -0.2) is 52.8 Å². The molecule has 3 aromatic rings. The second-order valence-electron chi connectivity index (χ2n) is 9.24. The third-order valence-electron chi connectivity index (χ3n) is 6.33. The summed E-state index contributed by atoms with van der Waals surface area (Å²) in [6, 6.07) is 13.3. The van der Waals surface area contributed by atoms with E-state index in [-0.39, 0.29) is 36.0 Å². The van der Waals surface area contributed by atoms with Crippen LogP contribution in [-0.2, 0) is 9.53 Å². The van der Waals surface area contributed by atoms with Crippen molar-refractivity contribution in [1.29, 1.82) is 0 Å². The van der Waals surface area contributed by atoms with E-state index in [0.29, 0.717) is 12.4 Å². The molecular weight excluding hydrogens is 442 g/mol. The molecule has 2 aromatic heterocycles. The first-order valence-corrected chi connectivity index (χ1v) is 12.0. The highest BCUT2D eigenvalue weighted by molar-refractivity contribution is 5.97. The van der Waals surface area contributed by atoms with Gasteiger partial charge >= 0.3 is 0 Å². The van der Waals surface area contributed by atoms with Gasteiger partial charge in [-0.2, -0.15) is 0 Å². The molecule has 1 fully saturated rings. The van der Waals surface area contributed by atoms with Gasteiger partial charge in [0.15, 0.2) is 0 Å². The Bertz CT molecular complexity index is 1110. The van der Waals surface area contributed by atoms with E-state index < -0.39 is 0 Å². The number of aromatic nitrogens is 3. The van der Waals surface area contributed by atoms with Gasteiger partial charge in [0.1, 0.15) is 6.33 Å². The van der Waals surface area contributed by atoms with Crippen molar-refractivity contribution in [2.24, 2.45) is 11.7 Å². The van der Waals surface area contributed by atoms with Gasteiger partial charge in [-0.05, 0) is 57.0 Å². The predicted octanol–water partition coefficient (Wildman–Crippen LogP) is 3.82. The summed E-state index contributed by atoms with van der Waals surface area (Å²) in [6.45, 7) is 6.22. The maximum atomic E-state index is 13.6. The van der Waals surface area contributed by atoms with Crippen molar-refractivity contribution in [3.05, 3.63) is 66.9 Å². The van der Waals surface area contributed by atoms with Crippen LogP contribution in [0, 0.1) is 5.92 Å². The van der Waals surface area contributed by atoms with E-state index >= 15 is 0 Å². The Balaban J connectivity index is 1.53. The van der Waals surface area contributed by atoms with Gasteiger partial charge in [-0.1, -0.05) is 12.1 Å². The fourth-order valence-corrected chi connectivity index (χ4v) is 4.07. The first-order valence-electron chi connectivity index (χ1n) is 12.0. The molecule has 8 heteroatoms. The van der Waals surface area contributed by atoms with Crippen molar-refractivity contribution in [3.63, 3.8) is 0 Å². The molecule has 0 radical (unpaired) electrons. The largest absolute Gasteiger partial charge is 0.475 e. The number of amides is 1. The van der Waals surface area contributed by atoms with Crippen LogP contribution in [0.4, 0.5) is 5.69 Å². The molecule has 1 aliphatic carbocycles. The predicted molar refractivity (Wildman–Crippen MR) is 135 cm³/mol. The molecule has 1 amide bonds. The monoisotopic (exact) mass is 475 g/mol. The quantitative estimate of drug-likeness (QED) is 0.475. The third kappa shape index (κ3) is 6.01. The lowest BCUT2D eigenvalue weighted by molar-refractivity contribution is -0.120. The fourth-order valence-electron chi connectivity index (χ4n) is 4.07. The summed E-state index contributed by atoms with van der Waals surface area (Å²) in [5.74, 6) is 0.645. The van der Waals surface area contributed by atoms with E-state index in [1.807, 2.05) is 63.2 Å². The Morgan fingerprint density at radius 2 is 1.83 bits per heavy atom. The Kier molecular flexibility index (Phi) is 7.73. The van der Waals surface area contributed by atoms with Gasteiger partial charge in [0, 0.05) is 66.9 Å². The SMILES string of the molecule is CO[C@H](C)[C@H](N)CN(C(=O)[C@@H]1C[C@H]1c1ccncn1)c1ccc(-c2ccc(OC(C)C)nc2)cc1. The van der Waals surface area contributed by atoms with Crippen molar-refractivity contribution in [3.8, 4) is 17.0 Å². The van der Waals surface area contributed by atoms with E-state index in [4.69, 9.17) is 15.2 Å². The molecule has 0 bridgehead atoms. The maximum Gasteiger partial charge on any atom is 0.230 e. The first-order chi connectivity index (χ1) is 16.9. The number of pyridine rings is 1. The zero-order chi connectivity index (χ0) is 24.9. The van der Waals surface area contributed by atoms with E-state index in [0.717, 1.165) is 28.9 Å². The second-order valence-corrected chi connectivity index (χ2v) is 9.24. The zero-order valence-corrected chi connectivity index (χ0v) is 20.7. The Morgan fingerprint density at radius 1 is 1.09 bits per heavy atom. The molecule has 4 atom stereocenters. The van der Waals surface area contributed by atoms with Gasteiger partial charge in [0.25, 0.3) is 0 Å². The van der Waals surface area contributed by atoms with E-state index in [9.17, 15) is 4.79 Å². The highest BCUT2D eigenvalue weighted by atomic mass is 16.5. The lowest BCUT2D eigenvalue weighted by Crippen LogP contribution is -2.47. The summed E-state index contributed by atoms with van der Waals surface area (Å²) >= 11 is 0. The number of benzene rings is 1. The lowest BCUT2D eigenvalue weighted by atomic mass is 10.1. The van der Waals surface area contributed by atoms with Crippen molar-refractivity contribution in [1.82, 2.24) is 15.0 Å². The molecule has 0 spiro atoms. The topological polar surface area (TPSA) is 103 Å². The molecule has 4 rings (SSSR count). The van der Waals surface area contributed by atoms with Crippen LogP contribution in [0.5, 0.6) is 5.88 Å². The average molecular weight is 476 g/mol. The van der Waals surface area contributed by atoms with Crippen LogP contribution in [0.3, 0.4) is 0 Å². The fraction of sp³-hybridized carbons (Fsp3) is 0.407. The minimum Gasteiger partial charge on any atom is -0.475 e. The van der Waals surface area contributed by atoms with E-state index in [1.54, 1.807) is 24.4 Å². The van der Waals surface area contributed by atoms with Gasteiger partial charge < -0.3 is 20.1 Å². The minimum atomic E-state index is -0.322. The van der Waals surface area contributed by atoms with E-state index in [1.165, 1.54) is 6.33 Å². The molecule has 2 N–H and O–H groups in total. The Morgan fingerprint density at radius 3 is 2.43 bits per heavy atom. The first kappa shape index (κ1) is 24.8. The molecule has 0 aliphatic heterocycles. The lowest BCUT2D eigenvalue weighted by Gasteiger charge is -2.29. The molecule has 1 saturated carbocycles. The number of rotatable bonds is 10. The van der Waals surface area contributed by atoms with Gasteiger partial charge in [0.05, 0.1) is 12.2 Å². The molecule has 0 saturated heterocycles. The van der Waals surface area contributed by atoms with E-state index in [2.05, 4.69) is 15.0 Å². The number of hydrogen-bond donors (Lipinski definition) is 1. The molecule has 1 aromatic carbocycles. The van der Waals surface area contributed by atoms with Gasteiger partial charge in [-0.15, -0.1) is 0 Å². The number of nitrogens with two attached hydrogens (primary N) is 1. The van der Waals surface area contributed by atoms with Crippen LogP contribution in [0.25, 0.3) is 11.1 Å². The number of carbonyl (C=O) groups is 1. The van der Waals surface area contributed by atoms with Crippen molar-refractivity contribution in [2.45, 2.75) is 51.4 Å². The van der Waals surface area contributed by atoms with Crippen LogP contribution in [0.15, 0.2) is 61.2 Å². The van der Waals surface area contributed by atoms with Gasteiger partial charge in [0.2, 0.25) is 11.8 Å².